The second-order valence-electron chi connectivity index (χ2n) is 11.1. The summed E-state index contributed by atoms with van der Waals surface area (Å²) in [7, 11) is 0. The molecule has 1 fully saturated rings. The first kappa shape index (κ1) is 28.3. The van der Waals surface area contributed by atoms with Gasteiger partial charge in [0, 0.05) is 31.2 Å². The predicted octanol–water partition coefficient (Wildman–Crippen LogP) is 2.65. The molecule has 2 aliphatic rings. The first-order valence-electron chi connectivity index (χ1n) is 14.1. The maximum Gasteiger partial charge on any atom is 0.257 e. The van der Waals surface area contributed by atoms with Crippen molar-refractivity contribution in [1.29, 1.82) is 0 Å². The van der Waals surface area contributed by atoms with Crippen molar-refractivity contribution in [2.75, 3.05) is 26.2 Å². The highest BCUT2D eigenvalue weighted by Crippen LogP contribution is 2.24. The number of benzene rings is 2. The number of H-pyrrole nitrogens is 1. The van der Waals surface area contributed by atoms with Gasteiger partial charge >= 0.3 is 0 Å². The monoisotopic (exact) mass is 562 g/mol. The minimum absolute atomic E-state index is 0.0537. The summed E-state index contributed by atoms with van der Waals surface area (Å²) in [5, 5.41) is 5.90. The Kier molecular flexibility index (Phi) is 8.32. The molecule has 1 aromatic heterocycles. The van der Waals surface area contributed by atoms with E-state index < -0.39 is 23.8 Å². The molecule has 3 aromatic rings. The zero-order valence-corrected chi connectivity index (χ0v) is 23.3. The molecule has 3 heterocycles. The van der Waals surface area contributed by atoms with Crippen molar-refractivity contribution in [2.24, 2.45) is 5.92 Å². The quantitative estimate of drug-likeness (QED) is 0.443. The van der Waals surface area contributed by atoms with Gasteiger partial charge in [-0.1, -0.05) is 19.9 Å². The third kappa shape index (κ3) is 6.23. The van der Waals surface area contributed by atoms with Crippen molar-refractivity contribution in [3.8, 4) is 0 Å². The number of halogens is 1. The normalized spacial score (nSPS) is 21.0. The van der Waals surface area contributed by atoms with Crippen LogP contribution in [0.5, 0.6) is 0 Å². The molecule has 2 atom stereocenters. The Morgan fingerprint density at radius 3 is 2.73 bits per heavy atom. The zero-order chi connectivity index (χ0) is 29.1. The molecule has 216 valence electrons. The van der Waals surface area contributed by atoms with Crippen LogP contribution in [0.3, 0.4) is 0 Å². The molecule has 2 aliphatic heterocycles. The minimum atomic E-state index is -0.752. The minimum Gasteiger partial charge on any atom is -0.355 e. The lowest BCUT2D eigenvalue weighted by molar-refractivity contribution is -0.126. The molecule has 0 aliphatic carbocycles. The summed E-state index contributed by atoms with van der Waals surface area (Å²) in [4.78, 5) is 63.8. The summed E-state index contributed by atoms with van der Waals surface area (Å²) < 4.78 is 14.8. The lowest BCUT2D eigenvalue weighted by Gasteiger charge is -2.32. The first-order chi connectivity index (χ1) is 19.7. The van der Waals surface area contributed by atoms with Gasteiger partial charge in [-0.15, -0.1) is 0 Å². The average Bonchev–Trinajstić information content (AvgIpc) is 3.63. The van der Waals surface area contributed by atoms with E-state index in [0.29, 0.717) is 49.9 Å². The largest absolute Gasteiger partial charge is 0.355 e. The molecular weight excluding hydrogens is 527 g/mol. The van der Waals surface area contributed by atoms with E-state index in [1.165, 1.54) is 15.9 Å². The van der Waals surface area contributed by atoms with Crippen LogP contribution >= 0.6 is 0 Å². The Bertz CT molecular complexity index is 1470. The highest BCUT2D eigenvalue weighted by molar-refractivity contribution is 6.00. The fourth-order valence-corrected chi connectivity index (χ4v) is 5.49. The van der Waals surface area contributed by atoms with E-state index >= 15 is 0 Å². The molecule has 3 N–H and O–H groups in total. The van der Waals surface area contributed by atoms with E-state index in [4.69, 9.17) is 0 Å². The van der Waals surface area contributed by atoms with Crippen molar-refractivity contribution in [2.45, 2.75) is 51.6 Å². The molecule has 0 saturated carbocycles. The van der Waals surface area contributed by atoms with Crippen molar-refractivity contribution in [3.63, 3.8) is 0 Å². The number of fused-ring (bicyclic) bond motifs is 4. The Morgan fingerprint density at radius 1 is 1.10 bits per heavy atom. The van der Waals surface area contributed by atoms with Gasteiger partial charge in [0.25, 0.3) is 11.8 Å². The lowest BCUT2D eigenvalue weighted by Crippen LogP contribution is -2.54. The summed E-state index contributed by atoms with van der Waals surface area (Å²) in [5.74, 6) is -2.25. The highest BCUT2D eigenvalue weighted by atomic mass is 19.1. The van der Waals surface area contributed by atoms with E-state index in [1.807, 2.05) is 13.8 Å². The molecule has 0 spiro atoms. The molecule has 2 aromatic carbocycles. The zero-order valence-electron chi connectivity index (χ0n) is 23.3. The van der Waals surface area contributed by atoms with Crippen molar-refractivity contribution < 1.29 is 23.6 Å². The van der Waals surface area contributed by atoms with E-state index in [-0.39, 0.29) is 42.3 Å². The van der Waals surface area contributed by atoms with Crippen molar-refractivity contribution >= 4 is 34.7 Å². The SMILES string of the molecule is CC(C)[C@@H]1CN(C(=O)c2ccc3nc[nH]c3c2)CC(=O)NCCCc2ccc(F)c(c2)C(=O)N2CCC[C@H]2C(=O)N1. The van der Waals surface area contributed by atoms with Crippen LogP contribution in [0, 0.1) is 11.7 Å². The number of nitrogens with one attached hydrogen (secondary N) is 3. The topological polar surface area (TPSA) is 128 Å². The van der Waals surface area contributed by atoms with Crippen LogP contribution < -0.4 is 10.6 Å². The number of aromatic nitrogens is 2. The second-order valence-corrected chi connectivity index (χ2v) is 11.1. The highest BCUT2D eigenvalue weighted by Gasteiger charge is 2.37. The first-order valence-corrected chi connectivity index (χ1v) is 14.1. The van der Waals surface area contributed by atoms with Crippen molar-refractivity contribution in [1.82, 2.24) is 30.4 Å². The molecule has 0 radical (unpaired) electrons. The number of carbonyl (C=O) groups excluding carboxylic acids is 4. The maximum absolute atomic E-state index is 14.8. The van der Waals surface area contributed by atoms with Gasteiger partial charge in [-0.3, -0.25) is 19.2 Å². The Labute approximate surface area is 237 Å². The molecule has 41 heavy (non-hydrogen) atoms. The predicted molar refractivity (Wildman–Crippen MR) is 151 cm³/mol. The summed E-state index contributed by atoms with van der Waals surface area (Å²) in [6.45, 7) is 4.45. The molecule has 10 nitrogen and oxygen atoms in total. The van der Waals surface area contributed by atoms with Crippen LogP contribution in [-0.2, 0) is 16.0 Å². The summed E-state index contributed by atoms with van der Waals surface area (Å²) in [6.07, 6.45) is 3.72. The molecule has 4 amide bonds. The average molecular weight is 563 g/mol. The van der Waals surface area contributed by atoms with Crippen LogP contribution in [0.25, 0.3) is 11.0 Å². The van der Waals surface area contributed by atoms with E-state index in [2.05, 4.69) is 20.6 Å². The Hall–Kier alpha value is -4.28. The van der Waals surface area contributed by atoms with Gasteiger partial charge in [0.05, 0.1) is 29.5 Å². The van der Waals surface area contributed by atoms with Crippen LogP contribution in [0.2, 0.25) is 0 Å². The number of aromatic amines is 1. The number of imidazole rings is 1. The second kappa shape index (κ2) is 12.1. The number of amides is 4. The Morgan fingerprint density at radius 2 is 1.93 bits per heavy atom. The molecular formula is C30H35FN6O4. The van der Waals surface area contributed by atoms with E-state index in [1.54, 1.807) is 36.7 Å². The molecule has 11 heteroatoms. The number of nitrogens with zero attached hydrogens (tertiary/aromatic N) is 3. The number of aryl methyl sites for hydroxylation is 1. The number of rotatable bonds is 2. The third-order valence-electron chi connectivity index (χ3n) is 7.88. The molecule has 0 unspecified atom stereocenters. The molecule has 1 saturated heterocycles. The molecule has 5 rings (SSSR count). The number of carbonyl (C=O) groups is 4. The van der Waals surface area contributed by atoms with Crippen LogP contribution in [0.1, 0.15) is 59.4 Å². The Balaban J connectivity index is 1.45. The fraction of sp³-hybridized carbons (Fsp3) is 0.433. The van der Waals surface area contributed by atoms with E-state index in [9.17, 15) is 23.6 Å². The number of hydrogen-bond donors (Lipinski definition) is 3. The summed E-state index contributed by atoms with van der Waals surface area (Å²) >= 11 is 0. The number of hydrogen-bond acceptors (Lipinski definition) is 5. The standard InChI is InChI=1S/C30H35FN6O4/c1-18(2)25-15-36(29(40)20-8-10-23-24(14-20)34-17-33-23)16-27(38)32-11-3-5-19-7-9-22(31)21(13-19)30(41)37-12-4-6-26(37)28(39)35-25/h7-10,13-14,17-18,25-26H,3-6,11-12,15-16H2,1-2H3,(H,32,38)(H,33,34)(H,35,39)/t25-,26-/m0/s1. The van der Waals surface area contributed by atoms with Gasteiger partial charge < -0.3 is 25.4 Å². The fourth-order valence-electron chi connectivity index (χ4n) is 5.49. The maximum atomic E-state index is 14.8. The smallest absolute Gasteiger partial charge is 0.257 e. The van der Waals surface area contributed by atoms with Gasteiger partial charge in [-0.05, 0) is 67.5 Å². The van der Waals surface area contributed by atoms with Crippen LogP contribution in [0.4, 0.5) is 4.39 Å². The summed E-state index contributed by atoms with van der Waals surface area (Å²) in [5.41, 5.74) is 2.52. The third-order valence-corrected chi connectivity index (χ3v) is 7.88. The van der Waals surface area contributed by atoms with Crippen LogP contribution in [-0.4, -0.2) is 81.7 Å². The van der Waals surface area contributed by atoms with E-state index in [0.717, 1.165) is 11.1 Å². The van der Waals surface area contributed by atoms with Gasteiger partial charge in [0.15, 0.2) is 0 Å². The molecule has 2 bridgehead atoms. The van der Waals surface area contributed by atoms with Crippen LogP contribution in [0.15, 0.2) is 42.7 Å². The van der Waals surface area contributed by atoms with Gasteiger partial charge in [0.1, 0.15) is 11.9 Å². The summed E-state index contributed by atoms with van der Waals surface area (Å²) in [6, 6.07) is 8.30. The van der Waals surface area contributed by atoms with Crippen molar-refractivity contribution in [3.05, 3.63) is 65.2 Å². The lowest BCUT2D eigenvalue weighted by atomic mass is 10.0. The van der Waals surface area contributed by atoms with Gasteiger partial charge in [0.2, 0.25) is 11.8 Å². The van der Waals surface area contributed by atoms with Gasteiger partial charge in [-0.25, -0.2) is 9.37 Å². The van der Waals surface area contributed by atoms with Gasteiger partial charge in [-0.2, -0.15) is 0 Å².